The van der Waals surface area contributed by atoms with E-state index in [1.165, 1.54) is 6.07 Å². The molecule has 2 aromatic carbocycles. The second-order valence-electron chi connectivity index (χ2n) is 4.94. The van der Waals surface area contributed by atoms with Crippen LogP contribution in [-0.4, -0.2) is 18.8 Å². The van der Waals surface area contributed by atoms with Gasteiger partial charge in [0.15, 0.2) is 0 Å². The zero-order valence-corrected chi connectivity index (χ0v) is 12.2. The fourth-order valence-electron chi connectivity index (χ4n) is 2.17. The van der Waals surface area contributed by atoms with Crippen molar-refractivity contribution in [1.29, 1.82) is 0 Å². The summed E-state index contributed by atoms with van der Waals surface area (Å²) in [5.41, 5.74) is 1.39. The van der Waals surface area contributed by atoms with Crippen LogP contribution in [0.5, 0.6) is 5.75 Å². The normalized spacial score (nSPS) is 13.7. The Morgan fingerprint density at radius 1 is 1.14 bits per heavy atom. The zero-order valence-electron chi connectivity index (χ0n) is 12.2. The highest BCUT2D eigenvalue weighted by Gasteiger charge is 2.13. The Kier molecular flexibility index (Phi) is 5.31. The van der Waals surface area contributed by atoms with Crippen LogP contribution in [0, 0.1) is 5.82 Å². The van der Waals surface area contributed by atoms with E-state index in [9.17, 15) is 9.50 Å². The van der Waals surface area contributed by atoms with E-state index >= 15 is 0 Å². The maximum absolute atomic E-state index is 13.7. The molecule has 112 valence electrons. The minimum Gasteiger partial charge on any atom is -0.497 e. The Bertz CT molecular complexity index is 571. The maximum Gasteiger partial charge on any atom is 0.127 e. The van der Waals surface area contributed by atoms with Crippen LogP contribution in [0.25, 0.3) is 0 Å². The van der Waals surface area contributed by atoms with Crippen LogP contribution in [0.4, 0.5) is 4.39 Å². The van der Waals surface area contributed by atoms with Crippen LogP contribution >= 0.6 is 0 Å². The molecule has 0 aliphatic heterocycles. The van der Waals surface area contributed by atoms with Gasteiger partial charge < -0.3 is 15.2 Å². The average Bonchev–Trinajstić information content (AvgIpc) is 2.52. The molecule has 0 aliphatic rings. The molecule has 3 nitrogen and oxygen atoms in total. The topological polar surface area (TPSA) is 41.5 Å². The summed E-state index contributed by atoms with van der Waals surface area (Å²) in [6, 6.07) is 13.7. The lowest BCUT2D eigenvalue weighted by atomic mass is 10.1. The zero-order chi connectivity index (χ0) is 15.2. The number of rotatable bonds is 6. The highest BCUT2D eigenvalue weighted by atomic mass is 19.1. The summed E-state index contributed by atoms with van der Waals surface area (Å²) >= 11 is 0. The first-order valence-electron chi connectivity index (χ1n) is 6.91. The van der Waals surface area contributed by atoms with Crippen molar-refractivity contribution in [2.75, 3.05) is 13.7 Å². The van der Waals surface area contributed by atoms with E-state index in [0.29, 0.717) is 12.1 Å². The van der Waals surface area contributed by atoms with E-state index in [0.717, 1.165) is 11.3 Å². The molecule has 2 N–H and O–H groups in total. The Morgan fingerprint density at radius 2 is 1.81 bits per heavy atom. The van der Waals surface area contributed by atoms with Crippen molar-refractivity contribution >= 4 is 0 Å². The Hall–Kier alpha value is -1.91. The van der Waals surface area contributed by atoms with Gasteiger partial charge in [0, 0.05) is 18.2 Å². The molecule has 4 heteroatoms. The molecule has 0 saturated heterocycles. The Morgan fingerprint density at radius 3 is 2.43 bits per heavy atom. The van der Waals surface area contributed by atoms with Gasteiger partial charge in [-0.15, -0.1) is 0 Å². The molecular formula is C17H20FNO2. The van der Waals surface area contributed by atoms with Crippen molar-refractivity contribution in [1.82, 2.24) is 5.32 Å². The standard InChI is InChI=1S/C17H20FNO2/c1-12(15-5-3-4-6-16(15)18)19-11-17(20)13-7-9-14(21-2)10-8-13/h3-10,12,17,19-20H,11H2,1-2H3. The summed E-state index contributed by atoms with van der Waals surface area (Å²) < 4.78 is 18.7. The summed E-state index contributed by atoms with van der Waals surface area (Å²) in [6.45, 7) is 2.22. The molecule has 0 aliphatic carbocycles. The number of methoxy groups -OCH3 is 1. The van der Waals surface area contributed by atoms with Crippen LogP contribution in [0.2, 0.25) is 0 Å². The Balaban J connectivity index is 1.94. The van der Waals surface area contributed by atoms with Gasteiger partial charge in [0.05, 0.1) is 13.2 Å². The lowest BCUT2D eigenvalue weighted by Crippen LogP contribution is -2.25. The highest BCUT2D eigenvalue weighted by Crippen LogP contribution is 2.19. The van der Waals surface area contributed by atoms with E-state index in [1.54, 1.807) is 37.4 Å². The van der Waals surface area contributed by atoms with Gasteiger partial charge in [0.2, 0.25) is 0 Å². The maximum atomic E-state index is 13.7. The van der Waals surface area contributed by atoms with Gasteiger partial charge in [-0.25, -0.2) is 4.39 Å². The molecule has 0 radical (unpaired) electrons. The fourth-order valence-corrected chi connectivity index (χ4v) is 2.17. The van der Waals surface area contributed by atoms with Crippen molar-refractivity contribution < 1.29 is 14.2 Å². The summed E-state index contributed by atoms with van der Waals surface area (Å²) in [5, 5.41) is 13.3. The van der Waals surface area contributed by atoms with Crippen molar-refractivity contribution in [3.05, 3.63) is 65.5 Å². The summed E-state index contributed by atoms with van der Waals surface area (Å²) in [5.74, 6) is 0.509. The molecule has 21 heavy (non-hydrogen) atoms. The van der Waals surface area contributed by atoms with Gasteiger partial charge in [0.1, 0.15) is 11.6 Å². The number of hydrogen-bond acceptors (Lipinski definition) is 3. The van der Waals surface area contributed by atoms with Crippen molar-refractivity contribution in [2.24, 2.45) is 0 Å². The van der Waals surface area contributed by atoms with Crippen LogP contribution < -0.4 is 10.1 Å². The first-order chi connectivity index (χ1) is 10.1. The molecule has 2 aromatic rings. The summed E-state index contributed by atoms with van der Waals surface area (Å²) in [6.07, 6.45) is -0.648. The highest BCUT2D eigenvalue weighted by molar-refractivity contribution is 5.28. The molecule has 0 aromatic heterocycles. The number of benzene rings is 2. The number of nitrogens with one attached hydrogen (secondary N) is 1. The molecule has 0 spiro atoms. The number of aliphatic hydroxyl groups is 1. The number of aliphatic hydroxyl groups excluding tert-OH is 1. The number of ether oxygens (including phenoxy) is 1. The van der Waals surface area contributed by atoms with Crippen LogP contribution in [0.15, 0.2) is 48.5 Å². The largest absolute Gasteiger partial charge is 0.497 e. The first kappa shape index (κ1) is 15.5. The minimum absolute atomic E-state index is 0.168. The third-order valence-electron chi connectivity index (χ3n) is 3.49. The molecule has 0 heterocycles. The van der Waals surface area contributed by atoms with E-state index in [2.05, 4.69) is 5.32 Å². The van der Waals surface area contributed by atoms with E-state index < -0.39 is 6.10 Å². The SMILES string of the molecule is COc1ccc(C(O)CNC(C)c2ccccc2F)cc1. The quantitative estimate of drug-likeness (QED) is 0.858. The predicted molar refractivity (Wildman–Crippen MR) is 80.8 cm³/mol. The average molecular weight is 289 g/mol. The molecule has 2 unspecified atom stereocenters. The predicted octanol–water partition coefficient (Wildman–Crippen LogP) is 3.22. The monoisotopic (exact) mass is 289 g/mol. The van der Waals surface area contributed by atoms with Crippen molar-refractivity contribution in [2.45, 2.75) is 19.1 Å². The summed E-state index contributed by atoms with van der Waals surface area (Å²) in [4.78, 5) is 0. The second kappa shape index (κ2) is 7.20. The van der Waals surface area contributed by atoms with Gasteiger partial charge in [-0.2, -0.15) is 0 Å². The van der Waals surface area contributed by atoms with Crippen molar-refractivity contribution in [3.63, 3.8) is 0 Å². The summed E-state index contributed by atoms with van der Waals surface area (Å²) in [7, 11) is 1.60. The smallest absolute Gasteiger partial charge is 0.127 e. The third-order valence-corrected chi connectivity index (χ3v) is 3.49. The molecule has 0 amide bonds. The molecule has 0 fully saturated rings. The molecule has 0 saturated carbocycles. The fraction of sp³-hybridized carbons (Fsp3) is 0.294. The van der Waals surface area contributed by atoms with E-state index in [4.69, 9.17) is 4.74 Å². The Labute approximate surface area is 124 Å². The molecule has 2 rings (SSSR count). The molecule has 2 atom stereocenters. The van der Waals surface area contributed by atoms with Gasteiger partial charge >= 0.3 is 0 Å². The van der Waals surface area contributed by atoms with E-state index in [1.807, 2.05) is 19.1 Å². The van der Waals surface area contributed by atoms with E-state index in [-0.39, 0.29) is 11.9 Å². The number of halogens is 1. The minimum atomic E-state index is -0.648. The third kappa shape index (κ3) is 4.03. The van der Waals surface area contributed by atoms with Crippen LogP contribution in [0.1, 0.15) is 30.2 Å². The molecular weight excluding hydrogens is 269 g/mol. The van der Waals surface area contributed by atoms with Gasteiger partial charge in [-0.3, -0.25) is 0 Å². The lowest BCUT2D eigenvalue weighted by molar-refractivity contribution is 0.170. The van der Waals surface area contributed by atoms with Gasteiger partial charge in [-0.05, 0) is 30.7 Å². The van der Waals surface area contributed by atoms with Crippen molar-refractivity contribution in [3.8, 4) is 5.75 Å². The van der Waals surface area contributed by atoms with Gasteiger partial charge in [-0.1, -0.05) is 30.3 Å². The van der Waals surface area contributed by atoms with Crippen LogP contribution in [-0.2, 0) is 0 Å². The van der Waals surface area contributed by atoms with Gasteiger partial charge in [0.25, 0.3) is 0 Å². The van der Waals surface area contributed by atoms with Crippen LogP contribution in [0.3, 0.4) is 0 Å². The lowest BCUT2D eigenvalue weighted by Gasteiger charge is -2.18. The first-order valence-corrected chi connectivity index (χ1v) is 6.91. The number of hydrogen-bond donors (Lipinski definition) is 2. The second-order valence-corrected chi connectivity index (χ2v) is 4.94. The molecule has 0 bridgehead atoms.